The van der Waals surface area contributed by atoms with E-state index < -0.39 is 9.84 Å². The first-order valence-corrected chi connectivity index (χ1v) is 10.9. The Morgan fingerprint density at radius 3 is 2.96 bits per heavy atom. The lowest BCUT2D eigenvalue weighted by molar-refractivity contribution is -0.128. The van der Waals surface area contributed by atoms with Crippen LogP contribution in [0, 0.1) is 0 Å². The molecule has 0 saturated carbocycles. The minimum absolute atomic E-state index is 0.0603. The van der Waals surface area contributed by atoms with E-state index in [-0.39, 0.29) is 29.2 Å². The molecule has 1 N–H and O–H groups in total. The van der Waals surface area contributed by atoms with E-state index in [4.69, 9.17) is 4.74 Å². The molecule has 1 aromatic heterocycles. The molecule has 0 unspecified atom stereocenters. The van der Waals surface area contributed by atoms with Crippen molar-refractivity contribution in [1.29, 1.82) is 0 Å². The zero-order chi connectivity index (χ0) is 18.0. The molecule has 1 aliphatic heterocycles. The van der Waals surface area contributed by atoms with Crippen molar-refractivity contribution < 1.29 is 17.9 Å². The summed E-state index contributed by atoms with van der Waals surface area (Å²) in [5.74, 6) is 1.11. The van der Waals surface area contributed by atoms with Crippen molar-refractivity contribution in [3.05, 3.63) is 18.2 Å². The van der Waals surface area contributed by atoms with Gasteiger partial charge in [-0.15, -0.1) is 0 Å². The highest BCUT2D eigenvalue weighted by atomic mass is 32.2. The normalized spacial score (nSPS) is 19.2. The maximum atomic E-state index is 12.3. The summed E-state index contributed by atoms with van der Waals surface area (Å²) in [5, 5.41) is 0.657. The van der Waals surface area contributed by atoms with Crippen LogP contribution in [0.3, 0.4) is 0 Å². The molecule has 0 spiro atoms. The largest absolute Gasteiger partial charge is 0.494 e. The van der Waals surface area contributed by atoms with Gasteiger partial charge in [-0.2, -0.15) is 0 Å². The fraction of sp³-hybridized carbons (Fsp3) is 0.500. The number of aromatic amines is 1. The molecule has 25 heavy (non-hydrogen) atoms. The maximum absolute atomic E-state index is 12.3. The third kappa shape index (κ3) is 4.27. The second-order valence-electron chi connectivity index (χ2n) is 6.00. The lowest BCUT2D eigenvalue weighted by atomic mass is 10.2. The molecule has 1 fully saturated rings. The van der Waals surface area contributed by atoms with Gasteiger partial charge in [-0.05, 0) is 25.5 Å². The van der Waals surface area contributed by atoms with Gasteiger partial charge in [0, 0.05) is 19.2 Å². The van der Waals surface area contributed by atoms with E-state index in [0.717, 1.165) is 16.8 Å². The maximum Gasteiger partial charge on any atom is 0.233 e. The number of hydrogen-bond acceptors (Lipinski definition) is 6. The van der Waals surface area contributed by atoms with Gasteiger partial charge < -0.3 is 14.6 Å². The Balaban J connectivity index is 1.61. The number of thioether (sulfide) groups is 1. The van der Waals surface area contributed by atoms with E-state index in [1.165, 1.54) is 11.8 Å². The number of hydrogen-bond donors (Lipinski definition) is 1. The average molecular weight is 383 g/mol. The number of nitrogens with one attached hydrogen (secondary N) is 1. The second kappa shape index (κ2) is 7.25. The van der Waals surface area contributed by atoms with Crippen LogP contribution in [0.4, 0.5) is 0 Å². The molecule has 1 aromatic carbocycles. The van der Waals surface area contributed by atoms with Gasteiger partial charge in [-0.3, -0.25) is 4.79 Å². The third-order valence-electron chi connectivity index (χ3n) is 4.22. The predicted molar refractivity (Wildman–Crippen MR) is 97.8 cm³/mol. The quantitative estimate of drug-likeness (QED) is 0.764. The first kappa shape index (κ1) is 18.1. The number of amides is 1. The van der Waals surface area contributed by atoms with Crippen LogP contribution in [0.5, 0.6) is 5.75 Å². The van der Waals surface area contributed by atoms with Crippen LogP contribution < -0.4 is 4.74 Å². The standard InChI is InChI=1S/C16H21N3O4S2/c1-3-23-12-4-5-13-14(8-12)18-16(17-13)24-9-15(20)19(2)11-6-7-25(21,22)10-11/h4-5,8,11H,3,6-7,9-10H2,1-2H3,(H,17,18)/t11-/m1/s1. The van der Waals surface area contributed by atoms with Crippen molar-refractivity contribution in [2.45, 2.75) is 24.5 Å². The predicted octanol–water partition coefficient (Wildman–Crippen LogP) is 1.70. The first-order chi connectivity index (χ1) is 11.9. The molecule has 1 aliphatic rings. The number of ether oxygens (including phenoxy) is 1. The number of carbonyl (C=O) groups is 1. The van der Waals surface area contributed by atoms with E-state index in [2.05, 4.69) is 9.97 Å². The van der Waals surface area contributed by atoms with Crippen molar-refractivity contribution in [3.63, 3.8) is 0 Å². The number of carbonyl (C=O) groups excluding carboxylic acids is 1. The Labute approximate surface area is 151 Å². The summed E-state index contributed by atoms with van der Waals surface area (Å²) in [7, 11) is -1.33. The fourth-order valence-corrected chi connectivity index (χ4v) is 5.39. The molecule has 0 bridgehead atoms. The summed E-state index contributed by atoms with van der Waals surface area (Å²) in [6.07, 6.45) is 0.514. The molecule has 2 heterocycles. The molecule has 3 rings (SSSR count). The SMILES string of the molecule is CCOc1ccc2nc(SCC(=O)N(C)[C@@H]3CCS(=O)(=O)C3)[nH]c2c1. The van der Waals surface area contributed by atoms with Crippen molar-refractivity contribution >= 4 is 38.5 Å². The smallest absolute Gasteiger partial charge is 0.233 e. The Morgan fingerprint density at radius 2 is 2.28 bits per heavy atom. The lowest BCUT2D eigenvalue weighted by Gasteiger charge is -2.22. The van der Waals surface area contributed by atoms with Crippen LogP contribution in [0.15, 0.2) is 23.4 Å². The monoisotopic (exact) mass is 383 g/mol. The summed E-state index contributed by atoms with van der Waals surface area (Å²) in [5.41, 5.74) is 1.67. The topological polar surface area (TPSA) is 92.4 Å². The van der Waals surface area contributed by atoms with E-state index in [9.17, 15) is 13.2 Å². The van der Waals surface area contributed by atoms with Gasteiger partial charge in [0.15, 0.2) is 15.0 Å². The molecule has 9 heteroatoms. The zero-order valence-corrected chi connectivity index (χ0v) is 15.8. The summed E-state index contributed by atoms with van der Waals surface area (Å²) in [4.78, 5) is 21.5. The minimum atomic E-state index is -3.00. The highest BCUT2D eigenvalue weighted by molar-refractivity contribution is 7.99. The number of rotatable bonds is 6. The van der Waals surface area contributed by atoms with Gasteiger partial charge in [0.1, 0.15) is 5.75 Å². The highest BCUT2D eigenvalue weighted by Gasteiger charge is 2.32. The van der Waals surface area contributed by atoms with Crippen LogP contribution in [0.25, 0.3) is 11.0 Å². The van der Waals surface area contributed by atoms with Gasteiger partial charge in [0.05, 0.1) is 34.9 Å². The van der Waals surface area contributed by atoms with Gasteiger partial charge >= 0.3 is 0 Å². The molecule has 2 aromatic rings. The molecule has 0 aliphatic carbocycles. The summed E-state index contributed by atoms with van der Waals surface area (Å²) in [6, 6.07) is 5.40. The Morgan fingerprint density at radius 1 is 1.48 bits per heavy atom. The Hall–Kier alpha value is -1.74. The van der Waals surface area contributed by atoms with Crippen molar-refractivity contribution in [2.75, 3.05) is 30.9 Å². The average Bonchev–Trinajstić information content (AvgIpc) is 3.14. The van der Waals surface area contributed by atoms with Crippen LogP contribution in [0.1, 0.15) is 13.3 Å². The fourth-order valence-electron chi connectivity index (χ4n) is 2.81. The number of sulfone groups is 1. The summed E-state index contributed by atoms with van der Waals surface area (Å²) < 4.78 is 28.6. The molecular weight excluding hydrogens is 362 g/mol. The molecule has 1 atom stereocenters. The van der Waals surface area contributed by atoms with Gasteiger partial charge in [-0.1, -0.05) is 11.8 Å². The van der Waals surface area contributed by atoms with Gasteiger partial charge in [0.2, 0.25) is 5.91 Å². The lowest BCUT2D eigenvalue weighted by Crippen LogP contribution is -2.38. The number of imidazole rings is 1. The van der Waals surface area contributed by atoms with Crippen LogP contribution in [-0.2, 0) is 14.6 Å². The summed E-state index contributed by atoms with van der Waals surface area (Å²) in [6.45, 7) is 2.52. The number of benzene rings is 1. The highest BCUT2D eigenvalue weighted by Crippen LogP contribution is 2.24. The van der Waals surface area contributed by atoms with E-state index >= 15 is 0 Å². The molecule has 1 amide bonds. The summed E-state index contributed by atoms with van der Waals surface area (Å²) >= 11 is 1.31. The van der Waals surface area contributed by atoms with E-state index in [0.29, 0.717) is 18.2 Å². The first-order valence-electron chi connectivity index (χ1n) is 8.09. The minimum Gasteiger partial charge on any atom is -0.494 e. The third-order valence-corrected chi connectivity index (χ3v) is 6.83. The number of H-pyrrole nitrogens is 1. The zero-order valence-electron chi connectivity index (χ0n) is 14.2. The van der Waals surface area contributed by atoms with E-state index in [1.807, 2.05) is 25.1 Å². The van der Waals surface area contributed by atoms with Gasteiger partial charge in [-0.25, -0.2) is 13.4 Å². The van der Waals surface area contributed by atoms with E-state index in [1.54, 1.807) is 11.9 Å². The van der Waals surface area contributed by atoms with Crippen LogP contribution in [-0.4, -0.2) is 66.1 Å². The Bertz CT molecular complexity index is 879. The van der Waals surface area contributed by atoms with Crippen molar-refractivity contribution in [2.24, 2.45) is 0 Å². The van der Waals surface area contributed by atoms with Crippen LogP contribution >= 0.6 is 11.8 Å². The number of fused-ring (bicyclic) bond motifs is 1. The van der Waals surface area contributed by atoms with Crippen LogP contribution in [0.2, 0.25) is 0 Å². The van der Waals surface area contributed by atoms with Gasteiger partial charge in [0.25, 0.3) is 0 Å². The molecule has 7 nitrogen and oxygen atoms in total. The number of nitrogens with zero attached hydrogens (tertiary/aromatic N) is 2. The molecular formula is C16H21N3O4S2. The van der Waals surface area contributed by atoms with Crippen molar-refractivity contribution in [1.82, 2.24) is 14.9 Å². The molecule has 136 valence electrons. The molecule has 1 saturated heterocycles. The number of aromatic nitrogens is 2. The van der Waals surface area contributed by atoms with Crippen molar-refractivity contribution in [3.8, 4) is 5.75 Å². The second-order valence-corrected chi connectivity index (χ2v) is 9.20. The molecule has 0 radical (unpaired) electrons. The Kier molecular flexibility index (Phi) is 5.24.